The third-order valence-corrected chi connectivity index (χ3v) is 6.76. The van der Waals surface area contributed by atoms with Crippen molar-refractivity contribution in [3.05, 3.63) is 82.2 Å². The fourth-order valence-corrected chi connectivity index (χ4v) is 4.49. The number of nitrogens with one attached hydrogen (secondary N) is 1. The predicted octanol–water partition coefficient (Wildman–Crippen LogP) is 3.94. The second kappa shape index (κ2) is 9.62. The number of hydrogen-bond acceptors (Lipinski definition) is 4. The van der Waals surface area contributed by atoms with Gasteiger partial charge in [-0.25, -0.2) is 13.8 Å². The number of carbonyl (C=O) groups is 1. The molecular weight excluding hydrogens is 436 g/mol. The van der Waals surface area contributed by atoms with Crippen LogP contribution < -0.4 is 9.73 Å². The fourth-order valence-electron chi connectivity index (χ4n) is 3.63. The highest BCUT2D eigenvalue weighted by molar-refractivity contribution is 7.92. The lowest BCUT2D eigenvalue weighted by Crippen LogP contribution is -2.39. The summed E-state index contributed by atoms with van der Waals surface area (Å²) in [6.45, 7) is 9.73. The molecule has 0 atom stereocenters. The van der Waals surface area contributed by atoms with E-state index in [0.29, 0.717) is 5.69 Å². The summed E-state index contributed by atoms with van der Waals surface area (Å²) in [5.74, 6) is -0.528. The normalized spacial score (nSPS) is 11.7. The zero-order valence-electron chi connectivity index (χ0n) is 19.9. The molecule has 0 saturated carbocycles. The van der Waals surface area contributed by atoms with E-state index in [1.54, 1.807) is 30.5 Å². The molecule has 0 spiro atoms. The molecule has 174 valence electrons. The molecule has 1 aromatic heterocycles. The molecule has 3 aromatic rings. The van der Waals surface area contributed by atoms with E-state index in [1.807, 2.05) is 26.8 Å². The van der Waals surface area contributed by atoms with Gasteiger partial charge >= 0.3 is 0 Å². The van der Waals surface area contributed by atoms with Gasteiger partial charge in [-0.3, -0.25) is 9.10 Å². The minimum atomic E-state index is -3.63. The smallest absolute Gasteiger partial charge is 0.260 e. The average molecular weight is 467 g/mol. The number of rotatable bonds is 7. The number of hydrogen-bond donors (Lipinski definition) is 1. The summed E-state index contributed by atoms with van der Waals surface area (Å²) < 4.78 is 27.6. The maximum Gasteiger partial charge on any atom is 0.260 e. The maximum atomic E-state index is 12.4. The van der Waals surface area contributed by atoms with Crippen molar-refractivity contribution in [3.8, 4) is 5.69 Å². The van der Waals surface area contributed by atoms with Crippen molar-refractivity contribution in [3.63, 3.8) is 0 Å². The van der Waals surface area contributed by atoms with E-state index < -0.39 is 15.9 Å². The summed E-state index contributed by atoms with van der Waals surface area (Å²) in [5, 5.41) is 4.07. The van der Waals surface area contributed by atoms with E-state index in [1.165, 1.54) is 11.1 Å². The SMILES string of the molecule is Cc1ccc(N(CC(=O)N/N=C\c2cc(C)n(-c3ccc(C)c(C)c3)c2C)S(C)(=O)=O)cc1. The Morgan fingerprint density at radius 1 is 1.00 bits per heavy atom. The first-order valence-corrected chi connectivity index (χ1v) is 12.4. The zero-order chi connectivity index (χ0) is 24.3. The Hall–Kier alpha value is -3.39. The van der Waals surface area contributed by atoms with Gasteiger partial charge in [0.2, 0.25) is 10.0 Å². The molecule has 0 fully saturated rings. The molecule has 1 heterocycles. The molecule has 8 heteroatoms. The quantitative estimate of drug-likeness (QED) is 0.423. The number of benzene rings is 2. The Morgan fingerprint density at radius 3 is 2.27 bits per heavy atom. The molecule has 2 aromatic carbocycles. The van der Waals surface area contributed by atoms with Crippen LogP contribution >= 0.6 is 0 Å². The molecule has 0 aliphatic heterocycles. The number of carbonyl (C=O) groups excluding carboxylic acids is 1. The van der Waals surface area contributed by atoms with Gasteiger partial charge in [-0.2, -0.15) is 5.10 Å². The van der Waals surface area contributed by atoms with Gasteiger partial charge in [0.1, 0.15) is 6.54 Å². The van der Waals surface area contributed by atoms with Gasteiger partial charge in [-0.1, -0.05) is 23.8 Å². The molecule has 3 rings (SSSR count). The lowest BCUT2D eigenvalue weighted by atomic mass is 10.1. The van der Waals surface area contributed by atoms with Crippen molar-refractivity contribution in [1.82, 2.24) is 9.99 Å². The van der Waals surface area contributed by atoms with E-state index in [9.17, 15) is 13.2 Å². The average Bonchev–Trinajstić information content (AvgIpc) is 3.01. The molecule has 0 unspecified atom stereocenters. The molecule has 1 amide bonds. The van der Waals surface area contributed by atoms with Gasteiger partial charge in [0, 0.05) is 22.6 Å². The van der Waals surface area contributed by atoms with E-state index >= 15 is 0 Å². The Kier molecular flexibility index (Phi) is 7.07. The largest absolute Gasteiger partial charge is 0.318 e. The first-order chi connectivity index (χ1) is 15.5. The first-order valence-electron chi connectivity index (χ1n) is 10.6. The predicted molar refractivity (Wildman–Crippen MR) is 134 cm³/mol. The summed E-state index contributed by atoms with van der Waals surface area (Å²) in [5.41, 5.74) is 10.3. The monoisotopic (exact) mass is 466 g/mol. The standard InChI is InChI=1S/C25H30N4O3S/c1-17-7-10-23(11-8-17)28(33(6,31)32)16-25(30)27-26-15-22-14-20(4)29(21(22)5)24-12-9-18(2)19(3)13-24/h7-15H,16H2,1-6H3,(H,27,30)/b26-15-. The summed E-state index contributed by atoms with van der Waals surface area (Å²) in [6.07, 6.45) is 2.65. The minimum absolute atomic E-state index is 0.360. The topological polar surface area (TPSA) is 83.8 Å². The molecular formula is C25H30N4O3S. The van der Waals surface area contributed by atoms with Crippen LogP contribution in [0.3, 0.4) is 0 Å². The number of anilines is 1. The molecule has 0 saturated heterocycles. The molecule has 1 N–H and O–H groups in total. The molecule has 7 nitrogen and oxygen atoms in total. The molecule has 0 aliphatic carbocycles. The van der Waals surface area contributed by atoms with Crippen LogP contribution in [0.15, 0.2) is 53.6 Å². The summed E-state index contributed by atoms with van der Waals surface area (Å²) in [7, 11) is -3.63. The van der Waals surface area contributed by atoms with Crippen molar-refractivity contribution in [2.24, 2.45) is 5.10 Å². The van der Waals surface area contributed by atoms with E-state index in [0.717, 1.165) is 38.8 Å². The van der Waals surface area contributed by atoms with E-state index in [-0.39, 0.29) is 6.54 Å². The summed E-state index contributed by atoms with van der Waals surface area (Å²) >= 11 is 0. The van der Waals surface area contributed by atoms with Crippen LogP contribution in [0.1, 0.15) is 33.6 Å². The molecule has 33 heavy (non-hydrogen) atoms. The van der Waals surface area contributed by atoms with Gasteiger partial charge in [0.05, 0.1) is 18.2 Å². The number of hydrazone groups is 1. The highest BCUT2D eigenvalue weighted by Crippen LogP contribution is 2.22. The van der Waals surface area contributed by atoms with Crippen molar-refractivity contribution >= 4 is 27.8 Å². The molecule has 0 bridgehead atoms. The minimum Gasteiger partial charge on any atom is -0.318 e. The zero-order valence-corrected chi connectivity index (χ0v) is 20.7. The summed E-state index contributed by atoms with van der Waals surface area (Å²) in [4.78, 5) is 12.4. The van der Waals surface area contributed by atoms with Crippen LogP contribution in [0.4, 0.5) is 5.69 Å². The van der Waals surface area contributed by atoms with Crippen LogP contribution in [0.5, 0.6) is 0 Å². The lowest BCUT2D eigenvalue weighted by Gasteiger charge is -2.21. The van der Waals surface area contributed by atoms with E-state index in [2.05, 4.69) is 47.1 Å². The van der Waals surface area contributed by atoms with Crippen molar-refractivity contribution in [1.29, 1.82) is 0 Å². The third-order valence-electron chi connectivity index (χ3n) is 5.62. The maximum absolute atomic E-state index is 12.4. The Balaban J connectivity index is 1.75. The van der Waals surface area contributed by atoms with Crippen LogP contribution in [0.25, 0.3) is 5.69 Å². The van der Waals surface area contributed by atoms with Crippen molar-refractivity contribution in [2.75, 3.05) is 17.1 Å². The van der Waals surface area contributed by atoms with Crippen LogP contribution in [-0.2, 0) is 14.8 Å². The highest BCUT2D eigenvalue weighted by Gasteiger charge is 2.20. The number of sulfonamides is 1. The second-order valence-corrected chi connectivity index (χ2v) is 10.2. The lowest BCUT2D eigenvalue weighted by molar-refractivity contribution is -0.119. The number of amides is 1. The van der Waals surface area contributed by atoms with Gasteiger partial charge < -0.3 is 4.57 Å². The van der Waals surface area contributed by atoms with Crippen LogP contribution in [0, 0.1) is 34.6 Å². The third kappa shape index (κ3) is 5.70. The number of aryl methyl sites for hydroxylation is 4. The Bertz CT molecular complexity index is 1310. The Morgan fingerprint density at radius 2 is 1.67 bits per heavy atom. The molecule has 0 radical (unpaired) electrons. The fraction of sp³-hybridized carbons (Fsp3) is 0.280. The number of aromatic nitrogens is 1. The van der Waals surface area contributed by atoms with Gasteiger partial charge in [-0.15, -0.1) is 0 Å². The van der Waals surface area contributed by atoms with Crippen LogP contribution in [0.2, 0.25) is 0 Å². The second-order valence-electron chi connectivity index (χ2n) is 8.33. The van der Waals surface area contributed by atoms with Crippen LogP contribution in [-0.4, -0.2) is 37.9 Å². The Labute approximate surface area is 195 Å². The van der Waals surface area contributed by atoms with Gasteiger partial charge in [0.25, 0.3) is 5.91 Å². The first kappa shape index (κ1) is 24.3. The van der Waals surface area contributed by atoms with Gasteiger partial charge in [-0.05, 0) is 76.1 Å². The highest BCUT2D eigenvalue weighted by atomic mass is 32.2. The van der Waals surface area contributed by atoms with Crippen molar-refractivity contribution < 1.29 is 13.2 Å². The van der Waals surface area contributed by atoms with Gasteiger partial charge in [0.15, 0.2) is 0 Å². The van der Waals surface area contributed by atoms with E-state index in [4.69, 9.17) is 0 Å². The summed E-state index contributed by atoms with van der Waals surface area (Å²) in [6, 6.07) is 15.3. The van der Waals surface area contributed by atoms with Crippen molar-refractivity contribution in [2.45, 2.75) is 34.6 Å². The number of nitrogens with zero attached hydrogens (tertiary/aromatic N) is 3. The molecule has 0 aliphatic rings.